The van der Waals surface area contributed by atoms with E-state index >= 15 is 0 Å². The predicted octanol–water partition coefficient (Wildman–Crippen LogP) is 1.83. The first-order valence-electron chi connectivity index (χ1n) is 7.32. The summed E-state index contributed by atoms with van der Waals surface area (Å²) >= 11 is 0. The van der Waals surface area contributed by atoms with E-state index in [0.29, 0.717) is 18.7 Å². The van der Waals surface area contributed by atoms with Crippen LogP contribution in [0.4, 0.5) is 0 Å². The minimum atomic E-state index is -3.69. The molecule has 2 heterocycles. The number of benzene rings is 1. The number of carboxylic acids is 1. The van der Waals surface area contributed by atoms with Crippen molar-refractivity contribution in [3.63, 3.8) is 0 Å². The summed E-state index contributed by atoms with van der Waals surface area (Å²) in [6.45, 7) is 0.947. The molecule has 0 aliphatic carbocycles. The van der Waals surface area contributed by atoms with Crippen LogP contribution in [0.2, 0.25) is 0 Å². The van der Waals surface area contributed by atoms with E-state index in [0.717, 1.165) is 12.8 Å². The van der Waals surface area contributed by atoms with Crippen LogP contribution >= 0.6 is 0 Å². The summed E-state index contributed by atoms with van der Waals surface area (Å²) < 4.78 is 37.2. The van der Waals surface area contributed by atoms with Gasteiger partial charge in [0.2, 0.25) is 10.0 Å². The quantitative estimate of drug-likeness (QED) is 0.874. The molecular weight excluding hydrogens is 336 g/mol. The number of aromatic nitrogens is 1. The second-order valence-corrected chi connectivity index (χ2v) is 7.26. The van der Waals surface area contributed by atoms with Crippen LogP contribution in [0.1, 0.15) is 23.3 Å². The van der Waals surface area contributed by atoms with Crippen LogP contribution in [0.15, 0.2) is 33.7 Å². The lowest BCUT2D eigenvalue weighted by atomic mass is 10.1. The zero-order valence-electron chi connectivity index (χ0n) is 12.9. The molecule has 1 N–H and O–H groups in total. The van der Waals surface area contributed by atoms with Crippen molar-refractivity contribution in [2.75, 3.05) is 20.2 Å². The molecule has 1 aromatic heterocycles. The van der Waals surface area contributed by atoms with Crippen molar-refractivity contribution in [3.8, 4) is 17.1 Å². The standard InChI is InChI=1S/C15H16N2O6S/c1-22-12-5-4-10(13-9-11(15(18)19)16-23-13)8-14(12)24(20,21)17-6-2-3-7-17/h4-5,8-9H,2-3,6-7H2,1H3,(H,18,19). The molecule has 0 radical (unpaired) electrons. The monoisotopic (exact) mass is 352 g/mol. The van der Waals surface area contributed by atoms with Gasteiger partial charge in [-0.1, -0.05) is 5.16 Å². The Hall–Kier alpha value is -2.39. The van der Waals surface area contributed by atoms with E-state index in [2.05, 4.69) is 5.16 Å². The van der Waals surface area contributed by atoms with Gasteiger partial charge in [-0.25, -0.2) is 13.2 Å². The summed E-state index contributed by atoms with van der Waals surface area (Å²) in [5, 5.41) is 12.3. The lowest BCUT2D eigenvalue weighted by Gasteiger charge is -2.18. The molecule has 1 aliphatic heterocycles. The van der Waals surface area contributed by atoms with Crippen molar-refractivity contribution in [2.45, 2.75) is 17.7 Å². The molecule has 128 valence electrons. The Balaban J connectivity index is 2.06. The third kappa shape index (κ3) is 2.87. The lowest BCUT2D eigenvalue weighted by Crippen LogP contribution is -2.28. The highest BCUT2D eigenvalue weighted by atomic mass is 32.2. The maximum absolute atomic E-state index is 12.8. The maximum atomic E-state index is 12.8. The number of rotatable bonds is 5. The zero-order chi connectivity index (χ0) is 17.3. The molecule has 0 bridgehead atoms. The van der Waals surface area contributed by atoms with Gasteiger partial charge in [0.25, 0.3) is 0 Å². The first kappa shape index (κ1) is 16.5. The Kier molecular flexibility index (Phi) is 4.29. The van der Waals surface area contributed by atoms with Gasteiger partial charge in [-0.05, 0) is 31.0 Å². The lowest BCUT2D eigenvalue weighted by molar-refractivity contribution is 0.0686. The molecule has 24 heavy (non-hydrogen) atoms. The first-order chi connectivity index (χ1) is 11.4. The number of nitrogens with zero attached hydrogens (tertiary/aromatic N) is 2. The Bertz CT molecular complexity index is 868. The second kappa shape index (κ2) is 6.25. The second-order valence-electron chi connectivity index (χ2n) is 5.36. The van der Waals surface area contributed by atoms with E-state index in [9.17, 15) is 13.2 Å². The third-order valence-electron chi connectivity index (χ3n) is 3.86. The summed E-state index contributed by atoms with van der Waals surface area (Å²) in [7, 11) is -2.29. The van der Waals surface area contributed by atoms with E-state index in [1.54, 1.807) is 6.07 Å². The number of methoxy groups -OCH3 is 1. The molecular formula is C15H16N2O6S. The summed E-state index contributed by atoms with van der Waals surface area (Å²) in [4.78, 5) is 10.9. The highest BCUT2D eigenvalue weighted by Gasteiger charge is 2.30. The summed E-state index contributed by atoms with van der Waals surface area (Å²) in [6, 6.07) is 5.77. The Morgan fingerprint density at radius 1 is 1.29 bits per heavy atom. The predicted molar refractivity (Wildman–Crippen MR) is 83.4 cm³/mol. The molecule has 1 saturated heterocycles. The number of aromatic carboxylic acids is 1. The Morgan fingerprint density at radius 2 is 2.00 bits per heavy atom. The van der Waals surface area contributed by atoms with Crippen LogP contribution in [0.5, 0.6) is 5.75 Å². The SMILES string of the molecule is COc1ccc(-c2cc(C(=O)O)no2)cc1S(=O)(=O)N1CCCC1. The van der Waals surface area contributed by atoms with Gasteiger partial charge in [0.05, 0.1) is 7.11 Å². The van der Waals surface area contributed by atoms with Crippen LogP contribution < -0.4 is 4.74 Å². The topological polar surface area (TPSA) is 110 Å². The fourth-order valence-electron chi connectivity index (χ4n) is 2.61. The number of carbonyl (C=O) groups is 1. The van der Waals surface area contributed by atoms with Crippen LogP contribution in [0.3, 0.4) is 0 Å². The van der Waals surface area contributed by atoms with Crippen molar-refractivity contribution >= 4 is 16.0 Å². The van der Waals surface area contributed by atoms with Crippen LogP contribution in [0, 0.1) is 0 Å². The molecule has 8 nitrogen and oxygen atoms in total. The number of hydrogen-bond donors (Lipinski definition) is 1. The van der Waals surface area contributed by atoms with E-state index in [1.165, 1.54) is 29.6 Å². The Labute approximate surface area is 138 Å². The van der Waals surface area contributed by atoms with Gasteiger partial charge in [0.1, 0.15) is 10.6 Å². The van der Waals surface area contributed by atoms with Crippen LogP contribution in [-0.4, -0.2) is 49.2 Å². The van der Waals surface area contributed by atoms with Gasteiger partial charge in [-0.3, -0.25) is 0 Å². The van der Waals surface area contributed by atoms with Gasteiger partial charge in [0.15, 0.2) is 11.5 Å². The maximum Gasteiger partial charge on any atom is 0.358 e. The number of sulfonamides is 1. The van der Waals surface area contributed by atoms with Crippen LogP contribution in [0.25, 0.3) is 11.3 Å². The van der Waals surface area contributed by atoms with E-state index in [-0.39, 0.29) is 22.1 Å². The number of hydrogen-bond acceptors (Lipinski definition) is 6. The molecule has 1 fully saturated rings. The highest BCUT2D eigenvalue weighted by Crippen LogP contribution is 2.33. The van der Waals surface area contributed by atoms with Gasteiger partial charge < -0.3 is 14.4 Å². The number of ether oxygens (including phenoxy) is 1. The van der Waals surface area contributed by atoms with Crippen molar-refractivity contribution in [2.24, 2.45) is 0 Å². The normalized spacial score (nSPS) is 15.5. The summed E-state index contributed by atoms with van der Waals surface area (Å²) in [5.41, 5.74) is 0.165. The molecule has 0 amide bonds. The minimum absolute atomic E-state index is 0.0256. The highest BCUT2D eigenvalue weighted by molar-refractivity contribution is 7.89. The molecule has 1 aliphatic rings. The molecule has 0 atom stereocenters. The molecule has 3 rings (SSSR count). The summed E-state index contributed by atoms with van der Waals surface area (Å²) in [5.74, 6) is -0.819. The molecule has 0 saturated carbocycles. The minimum Gasteiger partial charge on any atom is -0.495 e. The van der Waals surface area contributed by atoms with Crippen molar-refractivity contribution in [1.29, 1.82) is 0 Å². The average Bonchev–Trinajstić information content (AvgIpc) is 3.25. The number of carboxylic acid groups (broad SMARTS) is 1. The molecule has 1 aromatic carbocycles. The van der Waals surface area contributed by atoms with E-state index in [4.69, 9.17) is 14.4 Å². The van der Waals surface area contributed by atoms with Crippen molar-refractivity contribution in [3.05, 3.63) is 30.0 Å². The molecule has 9 heteroatoms. The van der Waals surface area contributed by atoms with Gasteiger partial charge in [-0.15, -0.1) is 0 Å². The smallest absolute Gasteiger partial charge is 0.358 e. The van der Waals surface area contributed by atoms with Crippen LogP contribution in [-0.2, 0) is 10.0 Å². The largest absolute Gasteiger partial charge is 0.495 e. The third-order valence-corrected chi connectivity index (χ3v) is 5.78. The molecule has 0 spiro atoms. The first-order valence-corrected chi connectivity index (χ1v) is 8.76. The van der Waals surface area contributed by atoms with Crippen molar-refractivity contribution in [1.82, 2.24) is 9.46 Å². The van der Waals surface area contributed by atoms with Crippen molar-refractivity contribution < 1.29 is 27.6 Å². The molecule has 0 unspecified atom stereocenters. The zero-order valence-corrected chi connectivity index (χ0v) is 13.7. The summed E-state index contributed by atoms with van der Waals surface area (Å²) in [6.07, 6.45) is 1.65. The molecule has 2 aromatic rings. The van der Waals surface area contributed by atoms with Gasteiger partial charge in [0, 0.05) is 24.7 Å². The average molecular weight is 352 g/mol. The van der Waals surface area contributed by atoms with E-state index < -0.39 is 16.0 Å². The van der Waals surface area contributed by atoms with Gasteiger partial charge in [-0.2, -0.15) is 4.31 Å². The fourth-order valence-corrected chi connectivity index (χ4v) is 4.31. The Morgan fingerprint density at radius 3 is 2.58 bits per heavy atom. The fraction of sp³-hybridized carbons (Fsp3) is 0.333. The van der Waals surface area contributed by atoms with E-state index in [1.807, 2.05) is 0 Å². The van der Waals surface area contributed by atoms with Gasteiger partial charge >= 0.3 is 5.97 Å².